The number of amides is 1. The molecule has 6 nitrogen and oxygen atoms in total. The van der Waals surface area contributed by atoms with Crippen LogP contribution >= 0.6 is 0 Å². The summed E-state index contributed by atoms with van der Waals surface area (Å²) in [5.41, 5.74) is 1.24. The van der Waals surface area contributed by atoms with E-state index in [4.69, 9.17) is 0 Å². The summed E-state index contributed by atoms with van der Waals surface area (Å²) in [5.74, 6) is -0.149. The summed E-state index contributed by atoms with van der Waals surface area (Å²) < 4.78 is 25.6. The lowest BCUT2D eigenvalue weighted by atomic mass is 9.97. The molecule has 1 heterocycles. The Balaban J connectivity index is 1.90. The molecule has 1 aromatic rings. The molecule has 0 aromatic heterocycles. The number of sulfonamides is 1. The second-order valence-electron chi connectivity index (χ2n) is 6.11. The number of Topliss-reactive ketones (excluding diaryl/α,β-unsaturated/α-hetero) is 1. The molecule has 1 aliphatic rings. The van der Waals surface area contributed by atoms with Gasteiger partial charge in [-0.2, -0.15) is 0 Å². The normalized spacial score (nSPS) is 16.8. The number of piperidine rings is 1. The molecule has 1 saturated heterocycles. The van der Waals surface area contributed by atoms with Gasteiger partial charge in [-0.15, -0.1) is 0 Å². The SMILES string of the molecule is CCCS(=O)(=O)N1CCC(C(=O)Nc2ccc(C(C)=O)cc2)CC1. The van der Waals surface area contributed by atoms with Gasteiger partial charge in [0.1, 0.15) is 0 Å². The molecule has 132 valence electrons. The molecule has 1 amide bonds. The standard InChI is InChI=1S/C17H24N2O4S/c1-3-12-24(22,23)19-10-8-15(9-11-19)17(21)18-16-6-4-14(5-7-16)13(2)20/h4-7,15H,3,8-12H2,1-2H3,(H,18,21). The van der Waals surface area contributed by atoms with Crippen LogP contribution in [0.1, 0.15) is 43.5 Å². The summed E-state index contributed by atoms with van der Waals surface area (Å²) in [6.45, 7) is 4.12. The van der Waals surface area contributed by atoms with E-state index < -0.39 is 10.0 Å². The zero-order valence-corrected chi connectivity index (χ0v) is 14.9. The van der Waals surface area contributed by atoms with E-state index in [2.05, 4.69) is 5.32 Å². The van der Waals surface area contributed by atoms with Crippen molar-refractivity contribution in [2.24, 2.45) is 5.92 Å². The second-order valence-corrected chi connectivity index (χ2v) is 8.20. The Morgan fingerprint density at radius 1 is 1.17 bits per heavy atom. The van der Waals surface area contributed by atoms with Gasteiger partial charge < -0.3 is 5.32 Å². The maximum absolute atomic E-state index is 12.3. The molecule has 0 bridgehead atoms. The van der Waals surface area contributed by atoms with Crippen molar-refractivity contribution < 1.29 is 18.0 Å². The Kier molecular flexibility index (Phi) is 6.12. The third-order valence-corrected chi connectivity index (χ3v) is 6.32. The van der Waals surface area contributed by atoms with Gasteiger partial charge >= 0.3 is 0 Å². The molecule has 0 radical (unpaired) electrons. The van der Waals surface area contributed by atoms with Crippen LogP contribution in [0.5, 0.6) is 0 Å². The van der Waals surface area contributed by atoms with Gasteiger partial charge in [0.25, 0.3) is 0 Å². The van der Waals surface area contributed by atoms with Gasteiger partial charge in [-0.3, -0.25) is 9.59 Å². The van der Waals surface area contributed by atoms with Gasteiger partial charge in [-0.25, -0.2) is 12.7 Å². The Labute approximate surface area is 143 Å². The molecule has 0 atom stereocenters. The molecule has 0 aliphatic carbocycles. The number of ketones is 1. The summed E-state index contributed by atoms with van der Waals surface area (Å²) in [5, 5.41) is 2.84. The minimum absolute atomic E-state index is 0.0199. The van der Waals surface area contributed by atoms with Crippen molar-refractivity contribution in [3.05, 3.63) is 29.8 Å². The van der Waals surface area contributed by atoms with Crippen LogP contribution in [0.2, 0.25) is 0 Å². The molecular formula is C17H24N2O4S. The third-order valence-electron chi connectivity index (χ3n) is 4.24. The fourth-order valence-corrected chi connectivity index (χ4v) is 4.36. The molecular weight excluding hydrogens is 328 g/mol. The van der Waals surface area contributed by atoms with E-state index in [1.807, 2.05) is 6.92 Å². The average molecular weight is 352 g/mol. The van der Waals surface area contributed by atoms with E-state index >= 15 is 0 Å². The van der Waals surface area contributed by atoms with Crippen molar-refractivity contribution in [1.82, 2.24) is 4.31 Å². The number of carbonyl (C=O) groups excluding carboxylic acids is 2. The van der Waals surface area contributed by atoms with E-state index in [0.29, 0.717) is 43.6 Å². The van der Waals surface area contributed by atoms with Gasteiger partial charge in [-0.1, -0.05) is 6.92 Å². The Bertz CT molecular complexity index is 690. The second kappa shape index (κ2) is 7.90. The highest BCUT2D eigenvalue weighted by Gasteiger charge is 2.30. The van der Waals surface area contributed by atoms with Crippen molar-refractivity contribution in [3.63, 3.8) is 0 Å². The van der Waals surface area contributed by atoms with Gasteiger partial charge in [-0.05, 0) is 50.5 Å². The van der Waals surface area contributed by atoms with E-state index in [-0.39, 0.29) is 23.4 Å². The Morgan fingerprint density at radius 3 is 2.25 bits per heavy atom. The van der Waals surface area contributed by atoms with Crippen LogP contribution in [0.15, 0.2) is 24.3 Å². The number of hydrogen-bond acceptors (Lipinski definition) is 4. The largest absolute Gasteiger partial charge is 0.326 e. The fourth-order valence-electron chi connectivity index (χ4n) is 2.82. The van der Waals surface area contributed by atoms with Crippen molar-refractivity contribution in [3.8, 4) is 0 Å². The monoisotopic (exact) mass is 352 g/mol. The predicted octanol–water partition coefficient (Wildman–Crippen LogP) is 2.28. The average Bonchev–Trinajstić information content (AvgIpc) is 2.55. The number of rotatable bonds is 6. The first-order valence-electron chi connectivity index (χ1n) is 8.23. The van der Waals surface area contributed by atoms with Crippen molar-refractivity contribution >= 4 is 27.4 Å². The smallest absolute Gasteiger partial charge is 0.227 e. The Hall–Kier alpha value is -1.73. The van der Waals surface area contributed by atoms with Crippen LogP contribution in [-0.2, 0) is 14.8 Å². The lowest BCUT2D eigenvalue weighted by Crippen LogP contribution is -2.42. The molecule has 1 fully saturated rings. The number of hydrogen-bond donors (Lipinski definition) is 1. The van der Waals surface area contributed by atoms with Gasteiger partial charge in [0.15, 0.2) is 5.78 Å². The Morgan fingerprint density at radius 2 is 1.75 bits per heavy atom. The van der Waals surface area contributed by atoms with E-state index in [1.54, 1.807) is 24.3 Å². The van der Waals surface area contributed by atoms with E-state index in [1.165, 1.54) is 11.2 Å². The quantitative estimate of drug-likeness (QED) is 0.796. The zero-order valence-electron chi connectivity index (χ0n) is 14.1. The van der Waals surface area contributed by atoms with Gasteiger partial charge in [0, 0.05) is 30.3 Å². The minimum atomic E-state index is -3.18. The van der Waals surface area contributed by atoms with Crippen LogP contribution in [0.3, 0.4) is 0 Å². The van der Waals surface area contributed by atoms with Gasteiger partial charge in [0.05, 0.1) is 5.75 Å². The maximum atomic E-state index is 12.3. The number of benzene rings is 1. The fraction of sp³-hybridized carbons (Fsp3) is 0.529. The highest BCUT2D eigenvalue weighted by Crippen LogP contribution is 2.22. The highest BCUT2D eigenvalue weighted by molar-refractivity contribution is 7.89. The first kappa shape index (κ1) is 18.6. The first-order chi connectivity index (χ1) is 11.3. The summed E-state index contributed by atoms with van der Waals surface area (Å²) in [4.78, 5) is 23.6. The maximum Gasteiger partial charge on any atom is 0.227 e. The lowest BCUT2D eigenvalue weighted by Gasteiger charge is -2.30. The number of anilines is 1. The molecule has 2 rings (SSSR count). The lowest BCUT2D eigenvalue weighted by molar-refractivity contribution is -0.120. The predicted molar refractivity (Wildman–Crippen MR) is 93.5 cm³/mol. The van der Waals surface area contributed by atoms with Crippen molar-refractivity contribution in [1.29, 1.82) is 0 Å². The number of nitrogens with one attached hydrogen (secondary N) is 1. The molecule has 0 spiro atoms. The van der Waals surface area contributed by atoms with Crippen molar-refractivity contribution in [2.45, 2.75) is 33.1 Å². The minimum Gasteiger partial charge on any atom is -0.326 e. The summed E-state index contributed by atoms with van der Waals surface area (Å²) >= 11 is 0. The molecule has 1 aromatic carbocycles. The molecule has 1 aliphatic heterocycles. The third kappa shape index (κ3) is 4.64. The molecule has 24 heavy (non-hydrogen) atoms. The van der Waals surface area contributed by atoms with Crippen LogP contribution in [0.4, 0.5) is 5.69 Å². The van der Waals surface area contributed by atoms with E-state index in [9.17, 15) is 18.0 Å². The van der Waals surface area contributed by atoms with Crippen molar-refractivity contribution in [2.75, 3.05) is 24.2 Å². The van der Waals surface area contributed by atoms with Crippen LogP contribution in [0, 0.1) is 5.92 Å². The molecule has 0 unspecified atom stereocenters. The number of carbonyl (C=O) groups is 2. The van der Waals surface area contributed by atoms with Crippen LogP contribution in [-0.4, -0.2) is 43.3 Å². The summed E-state index contributed by atoms with van der Waals surface area (Å²) in [6.07, 6.45) is 1.65. The first-order valence-corrected chi connectivity index (χ1v) is 9.84. The molecule has 7 heteroatoms. The summed E-state index contributed by atoms with van der Waals surface area (Å²) in [7, 11) is -3.18. The van der Waals surface area contributed by atoms with Gasteiger partial charge in [0.2, 0.25) is 15.9 Å². The number of nitrogens with zero attached hydrogens (tertiary/aromatic N) is 1. The van der Waals surface area contributed by atoms with Crippen LogP contribution < -0.4 is 5.32 Å². The summed E-state index contributed by atoms with van der Waals surface area (Å²) in [6, 6.07) is 6.76. The topological polar surface area (TPSA) is 83.6 Å². The molecule has 1 N–H and O–H groups in total. The molecule has 0 saturated carbocycles. The highest BCUT2D eigenvalue weighted by atomic mass is 32.2. The van der Waals surface area contributed by atoms with E-state index in [0.717, 1.165) is 0 Å². The zero-order chi connectivity index (χ0) is 17.7. The van der Waals surface area contributed by atoms with Crippen LogP contribution in [0.25, 0.3) is 0 Å².